The summed E-state index contributed by atoms with van der Waals surface area (Å²) in [5.41, 5.74) is 1.29. The molecule has 146 valence electrons. The van der Waals surface area contributed by atoms with Crippen LogP contribution in [0.5, 0.6) is 17.2 Å². The minimum Gasteiger partial charge on any atom is -0.496 e. The molecule has 0 heterocycles. The van der Waals surface area contributed by atoms with Crippen LogP contribution in [0.4, 0.5) is 5.69 Å². The first-order chi connectivity index (χ1) is 12.8. The fourth-order valence-corrected chi connectivity index (χ4v) is 3.05. The highest BCUT2D eigenvalue weighted by atomic mass is 32.2. The summed E-state index contributed by atoms with van der Waals surface area (Å²) >= 11 is 0. The average molecular weight is 394 g/mol. The van der Waals surface area contributed by atoms with Crippen molar-refractivity contribution < 1.29 is 27.4 Å². The molecular formula is C18H22N2O6S. The molecule has 0 radical (unpaired) electrons. The van der Waals surface area contributed by atoms with Gasteiger partial charge in [-0.1, -0.05) is 18.2 Å². The summed E-state index contributed by atoms with van der Waals surface area (Å²) in [4.78, 5) is 12.6. The smallest absolute Gasteiger partial charge is 0.255 e. The van der Waals surface area contributed by atoms with Gasteiger partial charge in [-0.15, -0.1) is 0 Å². The quantitative estimate of drug-likeness (QED) is 0.710. The number of anilines is 1. The van der Waals surface area contributed by atoms with Crippen molar-refractivity contribution in [3.8, 4) is 17.2 Å². The third-order valence-electron chi connectivity index (χ3n) is 3.70. The van der Waals surface area contributed by atoms with Gasteiger partial charge in [-0.25, -0.2) is 8.42 Å². The largest absolute Gasteiger partial charge is 0.496 e. The van der Waals surface area contributed by atoms with Gasteiger partial charge in [0.15, 0.2) is 11.5 Å². The van der Waals surface area contributed by atoms with E-state index in [-0.39, 0.29) is 12.1 Å². The van der Waals surface area contributed by atoms with Crippen LogP contribution in [-0.4, -0.2) is 41.9 Å². The number of methoxy groups -OCH3 is 3. The predicted molar refractivity (Wildman–Crippen MR) is 102 cm³/mol. The molecule has 0 unspecified atom stereocenters. The molecule has 2 aromatic rings. The zero-order valence-corrected chi connectivity index (χ0v) is 16.3. The number of rotatable bonds is 8. The maximum atomic E-state index is 12.6. The monoisotopic (exact) mass is 394 g/mol. The number of hydrogen-bond donors (Lipinski definition) is 2. The summed E-state index contributed by atoms with van der Waals surface area (Å²) in [5, 5.41) is 2.75. The van der Waals surface area contributed by atoms with Crippen molar-refractivity contribution in [3.05, 3.63) is 47.5 Å². The molecule has 2 N–H and O–H groups in total. The van der Waals surface area contributed by atoms with Crippen molar-refractivity contribution in [1.82, 2.24) is 5.32 Å². The molecule has 1 amide bonds. The van der Waals surface area contributed by atoms with E-state index >= 15 is 0 Å². The molecule has 2 aromatic carbocycles. The maximum absolute atomic E-state index is 12.6. The highest BCUT2D eigenvalue weighted by molar-refractivity contribution is 7.92. The van der Waals surface area contributed by atoms with Gasteiger partial charge in [0, 0.05) is 18.7 Å². The molecule has 0 saturated carbocycles. The van der Waals surface area contributed by atoms with Gasteiger partial charge in [0.2, 0.25) is 10.0 Å². The lowest BCUT2D eigenvalue weighted by molar-refractivity contribution is 0.0947. The van der Waals surface area contributed by atoms with Crippen LogP contribution in [0, 0.1) is 0 Å². The third-order valence-corrected chi connectivity index (χ3v) is 4.29. The van der Waals surface area contributed by atoms with Crippen LogP contribution in [0.25, 0.3) is 0 Å². The molecule has 0 aliphatic heterocycles. The van der Waals surface area contributed by atoms with Gasteiger partial charge < -0.3 is 19.5 Å². The second kappa shape index (κ2) is 8.63. The van der Waals surface area contributed by atoms with Gasteiger partial charge >= 0.3 is 0 Å². The molecule has 0 saturated heterocycles. The first-order valence-electron chi connectivity index (χ1n) is 7.93. The third kappa shape index (κ3) is 5.27. The van der Waals surface area contributed by atoms with Crippen LogP contribution >= 0.6 is 0 Å². The number of hydrogen-bond acceptors (Lipinski definition) is 6. The number of amides is 1. The van der Waals surface area contributed by atoms with Crippen LogP contribution in [0.15, 0.2) is 36.4 Å². The number of nitrogens with one attached hydrogen (secondary N) is 2. The van der Waals surface area contributed by atoms with E-state index in [0.717, 1.165) is 6.26 Å². The van der Waals surface area contributed by atoms with Crippen LogP contribution in [0.1, 0.15) is 15.9 Å². The lowest BCUT2D eigenvalue weighted by Gasteiger charge is -2.15. The molecule has 0 bridgehead atoms. The fourth-order valence-electron chi connectivity index (χ4n) is 2.45. The van der Waals surface area contributed by atoms with Crippen molar-refractivity contribution in [2.45, 2.75) is 6.54 Å². The predicted octanol–water partition coefficient (Wildman–Crippen LogP) is 2.01. The summed E-state index contributed by atoms with van der Waals surface area (Å²) in [6.07, 6.45) is 1.07. The fraction of sp³-hybridized carbons (Fsp3) is 0.278. The van der Waals surface area contributed by atoms with Crippen molar-refractivity contribution in [2.75, 3.05) is 32.3 Å². The van der Waals surface area contributed by atoms with E-state index in [9.17, 15) is 13.2 Å². The van der Waals surface area contributed by atoms with Gasteiger partial charge in [-0.3, -0.25) is 9.52 Å². The van der Waals surface area contributed by atoms with Crippen molar-refractivity contribution in [2.24, 2.45) is 0 Å². The zero-order chi connectivity index (χ0) is 20.0. The molecule has 0 spiro atoms. The lowest BCUT2D eigenvalue weighted by Crippen LogP contribution is -2.24. The van der Waals surface area contributed by atoms with E-state index < -0.39 is 15.9 Å². The second-order valence-electron chi connectivity index (χ2n) is 5.62. The highest BCUT2D eigenvalue weighted by Crippen LogP contribution is 2.34. The van der Waals surface area contributed by atoms with E-state index in [1.54, 1.807) is 30.3 Å². The number of para-hydroxylation sites is 1. The SMILES string of the molecule is COc1cc(OC)c(C(=O)NCc2ccccc2NS(C)(=O)=O)cc1OC. The molecule has 2 rings (SSSR count). The van der Waals surface area contributed by atoms with E-state index in [1.165, 1.54) is 27.4 Å². The molecule has 0 aliphatic carbocycles. The zero-order valence-electron chi connectivity index (χ0n) is 15.5. The number of carbonyl (C=O) groups excluding carboxylic acids is 1. The molecule has 0 aliphatic rings. The first-order valence-corrected chi connectivity index (χ1v) is 9.82. The Balaban J connectivity index is 2.24. The minimum atomic E-state index is -3.43. The topological polar surface area (TPSA) is 103 Å². The van der Waals surface area contributed by atoms with Gasteiger partial charge in [0.25, 0.3) is 5.91 Å². The number of carbonyl (C=O) groups is 1. The Morgan fingerprint density at radius 1 is 0.963 bits per heavy atom. The van der Waals surface area contributed by atoms with E-state index in [4.69, 9.17) is 14.2 Å². The van der Waals surface area contributed by atoms with Crippen LogP contribution in [-0.2, 0) is 16.6 Å². The summed E-state index contributed by atoms with van der Waals surface area (Å²) in [6, 6.07) is 9.89. The summed E-state index contributed by atoms with van der Waals surface area (Å²) in [7, 11) is 0.977. The Labute approximate surface area is 158 Å². The van der Waals surface area contributed by atoms with E-state index in [2.05, 4.69) is 10.0 Å². The first kappa shape index (κ1) is 20.4. The molecule has 0 atom stereocenters. The van der Waals surface area contributed by atoms with Crippen LogP contribution < -0.4 is 24.2 Å². The normalized spacial score (nSPS) is 10.8. The Morgan fingerprint density at radius 2 is 1.56 bits per heavy atom. The Morgan fingerprint density at radius 3 is 2.15 bits per heavy atom. The maximum Gasteiger partial charge on any atom is 0.255 e. The lowest BCUT2D eigenvalue weighted by atomic mass is 10.1. The molecule has 0 fully saturated rings. The second-order valence-corrected chi connectivity index (χ2v) is 7.37. The average Bonchev–Trinajstić information content (AvgIpc) is 2.64. The Kier molecular flexibility index (Phi) is 6.51. The van der Waals surface area contributed by atoms with Crippen molar-refractivity contribution in [3.63, 3.8) is 0 Å². The highest BCUT2D eigenvalue weighted by Gasteiger charge is 2.18. The molecule has 9 heteroatoms. The van der Waals surface area contributed by atoms with E-state index in [0.29, 0.717) is 28.5 Å². The van der Waals surface area contributed by atoms with Crippen LogP contribution in [0.2, 0.25) is 0 Å². The molecular weight excluding hydrogens is 372 g/mol. The number of sulfonamides is 1. The number of benzene rings is 2. The number of ether oxygens (including phenoxy) is 3. The van der Waals surface area contributed by atoms with Gasteiger partial charge in [0.1, 0.15) is 5.75 Å². The molecule has 27 heavy (non-hydrogen) atoms. The molecule has 8 nitrogen and oxygen atoms in total. The van der Waals surface area contributed by atoms with Gasteiger partial charge in [-0.05, 0) is 11.6 Å². The van der Waals surface area contributed by atoms with Crippen molar-refractivity contribution in [1.29, 1.82) is 0 Å². The standard InChI is InChI=1S/C18H22N2O6S/c1-24-15-10-17(26-3)16(25-2)9-13(15)18(21)19-11-12-7-5-6-8-14(12)20-27(4,22)23/h5-10,20H,11H2,1-4H3,(H,19,21). The minimum absolute atomic E-state index is 0.120. The van der Waals surface area contributed by atoms with Crippen molar-refractivity contribution >= 4 is 21.6 Å². The van der Waals surface area contributed by atoms with Gasteiger partial charge in [0.05, 0.1) is 38.8 Å². The van der Waals surface area contributed by atoms with Crippen LogP contribution in [0.3, 0.4) is 0 Å². The summed E-state index contributed by atoms with van der Waals surface area (Å²) in [6.45, 7) is 0.120. The molecule has 0 aromatic heterocycles. The Hall–Kier alpha value is -2.94. The van der Waals surface area contributed by atoms with Gasteiger partial charge in [-0.2, -0.15) is 0 Å². The Bertz CT molecular complexity index is 927. The summed E-state index contributed by atoms with van der Waals surface area (Å²) < 4.78 is 41.1. The summed E-state index contributed by atoms with van der Waals surface area (Å²) in [5.74, 6) is 0.755. The van der Waals surface area contributed by atoms with E-state index in [1.807, 2.05) is 0 Å².